The van der Waals surface area contributed by atoms with Gasteiger partial charge in [-0.15, -0.1) is 0 Å². The molecule has 1 aromatic rings. The Hall–Kier alpha value is -1.33. The Kier molecular flexibility index (Phi) is 4.31. The molecule has 0 aliphatic rings. The van der Waals surface area contributed by atoms with Crippen LogP contribution < -0.4 is 10.2 Å². The van der Waals surface area contributed by atoms with Gasteiger partial charge in [0.05, 0.1) is 7.11 Å². The third-order valence-corrected chi connectivity index (χ3v) is 2.94. The van der Waals surface area contributed by atoms with E-state index in [0.717, 1.165) is 5.75 Å². The Bertz CT molecular complexity index is 401. The molecule has 0 heterocycles. The average Bonchev–Trinajstić information content (AvgIpc) is 2.25. The number of hydrogen-bond donors (Lipinski definition) is 1. The lowest BCUT2D eigenvalue weighted by Gasteiger charge is -2.20. The zero-order chi connectivity index (χ0) is 13.1. The van der Waals surface area contributed by atoms with E-state index in [-0.39, 0.29) is 0 Å². The van der Waals surface area contributed by atoms with E-state index < -0.39 is 20.3 Å². The minimum Gasteiger partial charge on any atom is -0.544 e. The van der Waals surface area contributed by atoms with E-state index in [2.05, 4.69) is 24.4 Å². The van der Waals surface area contributed by atoms with Crippen LogP contribution in [0.5, 0.6) is 5.75 Å². The van der Waals surface area contributed by atoms with Gasteiger partial charge in [0.25, 0.3) is 0 Å². The van der Waals surface area contributed by atoms with E-state index in [1.54, 1.807) is 12.1 Å². The molecule has 94 valence electrons. The molecule has 0 aliphatic heterocycles. The van der Waals surface area contributed by atoms with E-state index in [0.29, 0.717) is 5.56 Å². The minimum absolute atomic E-state index is 0.449. The van der Waals surface area contributed by atoms with Crippen molar-refractivity contribution in [1.29, 1.82) is 0 Å². The summed E-state index contributed by atoms with van der Waals surface area (Å²) in [5.74, 6) is 0.302. The van der Waals surface area contributed by atoms with Gasteiger partial charge in [0.15, 0.2) is 0 Å². The molecule has 1 aromatic carbocycles. The summed E-state index contributed by atoms with van der Waals surface area (Å²) < 4.78 is 10.4. The van der Waals surface area contributed by atoms with Gasteiger partial charge in [-0.25, -0.2) is 0 Å². The standard InChI is InChI=1S/C12H19NO3Si/c1-15-12(14)11(13)9-6-5-7-10(8-9)16-17(2,3)4/h5-8,11H,13H2,1-4H3. The van der Waals surface area contributed by atoms with Gasteiger partial charge in [-0.05, 0) is 37.3 Å². The first-order valence-electron chi connectivity index (χ1n) is 5.46. The topological polar surface area (TPSA) is 61.5 Å². The Morgan fingerprint density at radius 2 is 2.00 bits per heavy atom. The van der Waals surface area contributed by atoms with Gasteiger partial charge in [0.2, 0.25) is 8.32 Å². The fourth-order valence-corrected chi connectivity index (χ4v) is 2.22. The van der Waals surface area contributed by atoms with Crippen LogP contribution in [0.25, 0.3) is 0 Å². The average molecular weight is 253 g/mol. The molecule has 4 nitrogen and oxygen atoms in total. The van der Waals surface area contributed by atoms with Crippen molar-refractivity contribution >= 4 is 14.3 Å². The summed E-state index contributed by atoms with van der Waals surface area (Å²) in [4.78, 5) is 11.3. The normalized spacial score (nSPS) is 13.0. The monoisotopic (exact) mass is 253 g/mol. The van der Waals surface area contributed by atoms with Crippen LogP contribution in [0.2, 0.25) is 19.6 Å². The number of ether oxygens (including phenoxy) is 1. The van der Waals surface area contributed by atoms with Gasteiger partial charge < -0.3 is 14.9 Å². The van der Waals surface area contributed by atoms with Gasteiger partial charge >= 0.3 is 5.97 Å². The predicted molar refractivity (Wildman–Crippen MR) is 69.4 cm³/mol. The number of nitrogens with two attached hydrogens (primary N) is 1. The van der Waals surface area contributed by atoms with Gasteiger partial charge in [-0.1, -0.05) is 12.1 Å². The summed E-state index contributed by atoms with van der Waals surface area (Å²) in [6.45, 7) is 6.29. The van der Waals surface area contributed by atoms with E-state index >= 15 is 0 Å². The lowest BCUT2D eigenvalue weighted by molar-refractivity contribution is -0.142. The Balaban J connectivity index is 2.89. The molecular formula is C12H19NO3Si. The van der Waals surface area contributed by atoms with Crippen molar-refractivity contribution in [3.8, 4) is 5.75 Å². The first-order valence-corrected chi connectivity index (χ1v) is 8.87. The highest BCUT2D eigenvalue weighted by molar-refractivity contribution is 6.70. The SMILES string of the molecule is COC(=O)C(N)c1cccc(O[Si](C)(C)C)c1. The molecule has 0 saturated carbocycles. The fraction of sp³-hybridized carbons (Fsp3) is 0.417. The maximum atomic E-state index is 11.3. The van der Waals surface area contributed by atoms with Crippen molar-refractivity contribution in [2.45, 2.75) is 25.7 Å². The molecule has 0 bridgehead atoms. The third kappa shape index (κ3) is 4.20. The van der Waals surface area contributed by atoms with Crippen molar-refractivity contribution in [3.63, 3.8) is 0 Å². The van der Waals surface area contributed by atoms with Crippen LogP contribution in [-0.4, -0.2) is 21.4 Å². The molecule has 1 unspecified atom stereocenters. The highest BCUT2D eigenvalue weighted by Gasteiger charge is 2.19. The Morgan fingerprint density at radius 1 is 1.35 bits per heavy atom. The van der Waals surface area contributed by atoms with Crippen molar-refractivity contribution < 1.29 is 14.0 Å². The molecule has 0 spiro atoms. The van der Waals surface area contributed by atoms with Crippen LogP contribution in [0.15, 0.2) is 24.3 Å². The second-order valence-electron chi connectivity index (χ2n) is 4.79. The molecular weight excluding hydrogens is 234 g/mol. The highest BCUT2D eigenvalue weighted by atomic mass is 28.4. The zero-order valence-electron chi connectivity index (χ0n) is 10.7. The maximum Gasteiger partial charge on any atom is 0.327 e. The second kappa shape index (κ2) is 5.33. The first-order chi connectivity index (χ1) is 7.83. The van der Waals surface area contributed by atoms with E-state index in [9.17, 15) is 4.79 Å². The van der Waals surface area contributed by atoms with Crippen LogP contribution in [-0.2, 0) is 9.53 Å². The molecule has 0 radical (unpaired) electrons. The molecule has 17 heavy (non-hydrogen) atoms. The number of esters is 1. The zero-order valence-corrected chi connectivity index (χ0v) is 11.7. The van der Waals surface area contributed by atoms with Crippen LogP contribution >= 0.6 is 0 Å². The quantitative estimate of drug-likeness (QED) is 0.659. The first kappa shape index (κ1) is 13.7. The number of carbonyl (C=O) groups is 1. The molecule has 0 saturated heterocycles. The lowest BCUT2D eigenvalue weighted by Crippen LogP contribution is -2.29. The summed E-state index contributed by atoms with van der Waals surface area (Å²) >= 11 is 0. The summed E-state index contributed by atoms with van der Waals surface area (Å²) in [5.41, 5.74) is 6.46. The van der Waals surface area contributed by atoms with Gasteiger partial charge in [-0.2, -0.15) is 0 Å². The molecule has 0 aliphatic carbocycles. The number of benzene rings is 1. The van der Waals surface area contributed by atoms with E-state index in [4.69, 9.17) is 10.2 Å². The molecule has 5 heteroatoms. The Morgan fingerprint density at radius 3 is 2.53 bits per heavy atom. The second-order valence-corrected chi connectivity index (χ2v) is 9.22. The van der Waals surface area contributed by atoms with Gasteiger partial charge in [-0.3, -0.25) is 4.79 Å². The molecule has 0 amide bonds. The van der Waals surface area contributed by atoms with Gasteiger partial charge in [0.1, 0.15) is 11.8 Å². The van der Waals surface area contributed by atoms with Crippen molar-refractivity contribution in [2.24, 2.45) is 5.73 Å². The van der Waals surface area contributed by atoms with Crippen molar-refractivity contribution in [1.82, 2.24) is 0 Å². The van der Waals surface area contributed by atoms with Crippen LogP contribution in [0, 0.1) is 0 Å². The number of carbonyl (C=O) groups excluding carboxylic acids is 1. The van der Waals surface area contributed by atoms with Crippen molar-refractivity contribution in [2.75, 3.05) is 7.11 Å². The maximum absolute atomic E-state index is 11.3. The lowest BCUT2D eigenvalue weighted by atomic mass is 10.1. The summed E-state index contributed by atoms with van der Waals surface area (Å²) in [6, 6.07) is 6.52. The molecule has 1 atom stereocenters. The molecule has 0 aromatic heterocycles. The Labute approximate surface area is 103 Å². The van der Waals surface area contributed by atoms with Crippen LogP contribution in [0.1, 0.15) is 11.6 Å². The van der Waals surface area contributed by atoms with E-state index in [1.165, 1.54) is 7.11 Å². The molecule has 1 rings (SSSR count). The summed E-state index contributed by atoms with van der Waals surface area (Å²) in [6.07, 6.45) is 0. The largest absolute Gasteiger partial charge is 0.544 e. The molecule has 0 fully saturated rings. The van der Waals surface area contributed by atoms with E-state index in [1.807, 2.05) is 12.1 Å². The predicted octanol–water partition coefficient (Wildman–Crippen LogP) is 2.07. The number of hydrogen-bond acceptors (Lipinski definition) is 4. The van der Waals surface area contributed by atoms with Crippen LogP contribution in [0.4, 0.5) is 0 Å². The number of methoxy groups -OCH3 is 1. The third-order valence-electron chi connectivity index (χ3n) is 2.10. The van der Waals surface area contributed by atoms with Gasteiger partial charge in [0, 0.05) is 0 Å². The molecule has 2 N–H and O–H groups in total. The number of rotatable bonds is 4. The van der Waals surface area contributed by atoms with Crippen LogP contribution in [0.3, 0.4) is 0 Å². The summed E-state index contributed by atoms with van der Waals surface area (Å²) in [5, 5.41) is 0. The van der Waals surface area contributed by atoms with Crippen molar-refractivity contribution in [3.05, 3.63) is 29.8 Å². The highest BCUT2D eigenvalue weighted by Crippen LogP contribution is 2.21. The smallest absolute Gasteiger partial charge is 0.327 e. The minimum atomic E-state index is -1.65. The summed E-state index contributed by atoms with van der Waals surface area (Å²) in [7, 11) is -0.324. The fourth-order valence-electron chi connectivity index (χ4n) is 1.39.